The van der Waals surface area contributed by atoms with Crippen molar-refractivity contribution in [2.24, 2.45) is 5.92 Å². The molecule has 142 valence electrons. The van der Waals surface area contributed by atoms with Crippen molar-refractivity contribution in [1.29, 1.82) is 0 Å². The van der Waals surface area contributed by atoms with E-state index in [9.17, 15) is 9.59 Å². The quantitative estimate of drug-likeness (QED) is 0.672. The Morgan fingerprint density at radius 3 is 2.22 bits per heavy atom. The maximum atomic E-state index is 12.6. The molecular weight excluding hydrogens is 338 g/mol. The van der Waals surface area contributed by atoms with Gasteiger partial charge in [-0.3, -0.25) is 14.9 Å². The van der Waals surface area contributed by atoms with E-state index in [1.807, 2.05) is 68.4 Å². The minimum Gasteiger partial charge on any atom is -0.352 e. The summed E-state index contributed by atoms with van der Waals surface area (Å²) < 4.78 is 0. The number of anilines is 1. The van der Waals surface area contributed by atoms with E-state index >= 15 is 0 Å². The second-order valence-electron chi connectivity index (χ2n) is 7.35. The minimum absolute atomic E-state index is 0.00163. The third-order valence-corrected chi connectivity index (χ3v) is 4.57. The van der Waals surface area contributed by atoms with Gasteiger partial charge in [0, 0.05) is 24.2 Å². The molecule has 5 heteroatoms. The Morgan fingerprint density at radius 2 is 1.63 bits per heavy atom. The van der Waals surface area contributed by atoms with E-state index in [0.29, 0.717) is 12.6 Å². The maximum Gasteiger partial charge on any atom is 0.241 e. The molecular formula is C22H27N3O2. The molecule has 1 fully saturated rings. The van der Waals surface area contributed by atoms with Crippen molar-refractivity contribution in [3.63, 3.8) is 0 Å². The van der Waals surface area contributed by atoms with Crippen LogP contribution < -0.4 is 16.0 Å². The lowest BCUT2D eigenvalue weighted by molar-refractivity contribution is -0.123. The first kappa shape index (κ1) is 19.1. The summed E-state index contributed by atoms with van der Waals surface area (Å²) in [5, 5.41) is 9.33. The Kier molecular flexibility index (Phi) is 6.24. The Balaban J connectivity index is 1.62. The first-order chi connectivity index (χ1) is 13.0. The smallest absolute Gasteiger partial charge is 0.241 e. The third kappa shape index (κ3) is 5.66. The lowest BCUT2D eigenvalue weighted by Crippen LogP contribution is -2.38. The SMILES string of the molecule is CC(C)C(=O)Nc1ccc(CN[C@H](C(=O)NC2CC2)c2ccccc2)cc1. The van der Waals surface area contributed by atoms with Crippen LogP contribution in [0.5, 0.6) is 0 Å². The number of hydrogen-bond acceptors (Lipinski definition) is 3. The van der Waals surface area contributed by atoms with Crippen molar-refractivity contribution in [3.8, 4) is 0 Å². The van der Waals surface area contributed by atoms with E-state index in [1.54, 1.807) is 0 Å². The van der Waals surface area contributed by atoms with Crippen LogP contribution in [0.1, 0.15) is 43.9 Å². The first-order valence-corrected chi connectivity index (χ1v) is 9.51. The predicted molar refractivity (Wildman–Crippen MR) is 107 cm³/mol. The second kappa shape index (κ2) is 8.82. The second-order valence-corrected chi connectivity index (χ2v) is 7.35. The highest BCUT2D eigenvalue weighted by Crippen LogP contribution is 2.21. The molecule has 3 N–H and O–H groups in total. The number of carbonyl (C=O) groups excluding carboxylic acids is 2. The fraction of sp³-hybridized carbons (Fsp3) is 0.364. The molecule has 2 amide bonds. The molecule has 2 aromatic carbocycles. The van der Waals surface area contributed by atoms with Gasteiger partial charge >= 0.3 is 0 Å². The molecule has 0 heterocycles. The molecule has 1 aliphatic rings. The highest BCUT2D eigenvalue weighted by Gasteiger charge is 2.28. The van der Waals surface area contributed by atoms with E-state index in [4.69, 9.17) is 0 Å². The molecule has 0 aliphatic heterocycles. The molecule has 1 atom stereocenters. The number of nitrogens with one attached hydrogen (secondary N) is 3. The first-order valence-electron chi connectivity index (χ1n) is 9.51. The van der Waals surface area contributed by atoms with Crippen molar-refractivity contribution in [2.45, 2.75) is 45.3 Å². The van der Waals surface area contributed by atoms with Gasteiger partial charge in [-0.1, -0.05) is 56.3 Å². The Hall–Kier alpha value is -2.66. The molecule has 27 heavy (non-hydrogen) atoms. The summed E-state index contributed by atoms with van der Waals surface area (Å²) in [4.78, 5) is 24.4. The zero-order valence-corrected chi connectivity index (χ0v) is 15.9. The normalized spacial score (nSPS) is 14.6. The van der Waals surface area contributed by atoms with E-state index in [-0.39, 0.29) is 23.8 Å². The predicted octanol–water partition coefficient (Wildman–Crippen LogP) is 3.39. The van der Waals surface area contributed by atoms with E-state index in [1.165, 1.54) is 0 Å². The standard InChI is InChI=1S/C22H27N3O2/c1-15(2)21(26)24-18-10-8-16(9-11-18)14-23-20(17-6-4-3-5-7-17)22(27)25-19-12-13-19/h3-11,15,19-20,23H,12-14H2,1-2H3,(H,24,26)(H,25,27)/t20-/m0/s1. The third-order valence-electron chi connectivity index (χ3n) is 4.57. The van der Waals surface area contributed by atoms with Crippen molar-refractivity contribution in [1.82, 2.24) is 10.6 Å². The molecule has 0 radical (unpaired) electrons. The maximum absolute atomic E-state index is 12.6. The fourth-order valence-electron chi connectivity index (χ4n) is 2.73. The van der Waals surface area contributed by atoms with Gasteiger partial charge in [-0.05, 0) is 36.1 Å². The highest BCUT2D eigenvalue weighted by molar-refractivity contribution is 5.92. The summed E-state index contributed by atoms with van der Waals surface area (Å²) in [6, 6.07) is 17.4. The Labute approximate surface area is 160 Å². The van der Waals surface area contributed by atoms with Crippen molar-refractivity contribution < 1.29 is 9.59 Å². The molecule has 0 aromatic heterocycles. The summed E-state index contributed by atoms with van der Waals surface area (Å²) in [7, 11) is 0. The van der Waals surface area contributed by atoms with Gasteiger partial charge in [0.15, 0.2) is 0 Å². The Bertz CT molecular complexity index is 768. The largest absolute Gasteiger partial charge is 0.352 e. The van der Waals surface area contributed by atoms with E-state index in [2.05, 4.69) is 16.0 Å². The van der Waals surface area contributed by atoms with Gasteiger partial charge < -0.3 is 10.6 Å². The van der Waals surface area contributed by atoms with Crippen LogP contribution in [0.15, 0.2) is 54.6 Å². The van der Waals surface area contributed by atoms with Gasteiger partial charge in [-0.15, -0.1) is 0 Å². The molecule has 3 rings (SSSR count). The van der Waals surface area contributed by atoms with Crippen LogP contribution in [0.2, 0.25) is 0 Å². The topological polar surface area (TPSA) is 70.2 Å². The van der Waals surface area contributed by atoms with Gasteiger partial charge in [0.2, 0.25) is 11.8 Å². The van der Waals surface area contributed by atoms with E-state index in [0.717, 1.165) is 29.7 Å². The number of rotatable bonds is 8. The Morgan fingerprint density at radius 1 is 0.963 bits per heavy atom. The van der Waals surface area contributed by atoms with E-state index < -0.39 is 0 Å². The van der Waals surface area contributed by atoms with Gasteiger partial charge in [-0.25, -0.2) is 0 Å². The van der Waals surface area contributed by atoms with Crippen LogP contribution in [0.3, 0.4) is 0 Å². The van der Waals surface area contributed by atoms with Crippen LogP contribution >= 0.6 is 0 Å². The van der Waals surface area contributed by atoms with Crippen molar-refractivity contribution in [3.05, 3.63) is 65.7 Å². The summed E-state index contributed by atoms with van der Waals surface area (Å²) in [5.41, 5.74) is 2.79. The van der Waals surface area contributed by atoms with Crippen LogP contribution in [0.4, 0.5) is 5.69 Å². The lowest BCUT2D eigenvalue weighted by Gasteiger charge is -2.19. The molecule has 0 bridgehead atoms. The zero-order valence-electron chi connectivity index (χ0n) is 15.9. The molecule has 1 saturated carbocycles. The summed E-state index contributed by atoms with van der Waals surface area (Å²) in [6.45, 7) is 4.30. The van der Waals surface area contributed by atoms with Crippen LogP contribution in [-0.4, -0.2) is 17.9 Å². The molecule has 0 spiro atoms. The van der Waals surface area contributed by atoms with Gasteiger partial charge in [0.1, 0.15) is 6.04 Å². The highest BCUT2D eigenvalue weighted by atomic mass is 16.2. The average Bonchev–Trinajstić information content (AvgIpc) is 3.48. The van der Waals surface area contributed by atoms with Crippen LogP contribution in [0, 0.1) is 5.92 Å². The molecule has 1 aliphatic carbocycles. The minimum atomic E-state index is -0.382. The number of amides is 2. The molecule has 2 aromatic rings. The summed E-state index contributed by atoms with van der Waals surface area (Å²) >= 11 is 0. The molecule has 0 unspecified atom stereocenters. The van der Waals surface area contributed by atoms with Gasteiger partial charge in [0.05, 0.1) is 0 Å². The average molecular weight is 365 g/mol. The fourth-order valence-corrected chi connectivity index (χ4v) is 2.73. The number of carbonyl (C=O) groups is 2. The summed E-state index contributed by atoms with van der Waals surface area (Å²) in [6.07, 6.45) is 2.13. The zero-order chi connectivity index (χ0) is 19.2. The van der Waals surface area contributed by atoms with Gasteiger partial charge in [0.25, 0.3) is 0 Å². The summed E-state index contributed by atoms with van der Waals surface area (Å²) in [5.74, 6) is -0.0331. The van der Waals surface area contributed by atoms with Crippen molar-refractivity contribution >= 4 is 17.5 Å². The lowest BCUT2D eigenvalue weighted by atomic mass is 10.1. The molecule has 5 nitrogen and oxygen atoms in total. The van der Waals surface area contributed by atoms with Crippen molar-refractivity contribution in [2.75, 3.05) is 5.32 Å². The molecule has 0 saturated heterocycles. The van der Waals surface area contributed by atoms with Crippen LogP contribution in [0.25, 0.3) is 0 Å². The van der Waals surface area contributed by atoms with Crippen LogP contribution in [-0.2, 0) is 16.1 Å². The van der Waals surface area contributed by atoms with Gasteiger partial charge in [-0.2, -0.15) is 0 Å². The number of hydrogen-bond donors (Lipinski definition) is 3. The number of benzene rings is 2. The monoisotopic (exact) mass is 365 g/mol.